The van der Waals surface area contributed by atoms with Gasteiger partial charge in [-0.25, -0.2) is 0 Å². The highest BCUT2D eigenvalue weighted by atomic mass is 32.2. The van der Waals surface area contributed by atoms with E-state index in [1.165, 1.54) is 65.2 Å². The van der Waals surface area contributed by atoms with Gasteiger partial charge in [-0.15, -0.1) is 11.8 Å². The van der Waals surface area contributed by atoms with Crippen molar-refractivity contribution in [1.29, 1.82) is 0 Å². The molecule has 3 heteroatoms. The molecule has 1 fully saturated rings. The molecule has 1 unspecified atom stereocenters. The number of rotatable bonds is 7. The summed E-state index contributed by atoms with van der Waals surface area (Å²) >= 11 is 2.01. The van der Waals surface area contributed by atoms with E-state index in [1.54, 1.807) is 5.57 Å². The monoisotopic (exact) mass is 589 g/mol. The maximum atomic E-state index is 2.56. The van der Waals surface area contributed by atoms with Gasteiger partial charge < -0.3 is 4.57 Å². The van der Waals surface area contributed by atoms with Crippen molar-refractivity contribution in [3.05, 3.63) is 137 Å². The van der Waals surface area contributed by atoms with Crippen LogP contribution >= 0.6 is 11.8 Å². The minimum Gasteiger partial charge on any atom is -0.341 e. The lowest BCUT2D eigenvalue weighted by Crippen LogP contribution is -2.15. The first kappa shape index (κ1) is 27.2. The number of hydrogen-bond acceptors (Lipinski definition) is 1. The number of nitrogens with zero attached hydrogens (tertiary/aromatic N) is 2. The molecule has 6 aromatic rings. The highest BCUT2D eigenvalue weighted by Crippen LogP contribution is 2.43. The molecule has 0 amide bonds. The maximum absolute atomic E-state index is 2.56. The summed E-state index contributed by atoms with van der Waals surface area (Å²) in [5.74, 6) is 0. The fourth-order valence-electron chi connectivity index (χ4n) is 7.58. The Morgan fingerprint density at radius 1 is 0.750 bits per heavy atom. The van der Waals surface area contributed by atoms with Crippen LogP contribution in [-0.2, 0) is 6.54 Å². The van der Waals surface area contributed by atoms with Crippen LogP contribution in [0.15, 0.2) is 131 Å². The average Bonchev–Trinajstić information content (AvgIpc) is 3.70. The van der Waals surface area contributed by atoms with Gasteiger partial charge in [0.05, 0.1) is 22.6 Å². The van der Waals surface area contributed by atoms with E-state index in [2.05, 4.69) is 144 Å². The second kappa shape index (κ2) is 11.3. The van der Waals surface area contributed by atoms with Crippen LogP contribution < -0.4 is 5.35 Å². The average molecular weight is 590 g/mol. The number of hydrogen-bond donors (Lipinski definition) is 0. The van der Waals surface area contributed by atoms with E-state index in [1.807, 2.05) is 11.8 Å². The molecule has 1 aliphatic carbocycles. The molecule has 0 bridgehead atoms. The van der Waals surface area contributed by atoms with Crippen LogP contribution in [0, 0.1) is 0 Å². The molecule has 0 radical (unpaired) electrons. The zero-order chi connectivity index (χ0) is 29.6. The van der Waals surface area contributed by atoms with Gasteiger partial charge in [0, 0.05) is 39.1 Å². The van der Waals surface area contributed by atoms with Crippen LogP contribution in [0.1, 0.15) is 38.7 Å². The van der Waals surface area contributed by atoms with Gasteiger partial charge in [0.25, 0.3) is 0 Å². The summed E-state index contributed by atoms with van der Waals surface area (Å²) in [4.78, 5) is 1.33. The summed E-state index contributed by atoms with van der Waals surface area (Å²) in [6, 6.07) is 37.9. The van der Waals surface area contributed by atoms with Gasteiger partial charge in [-0.2, -0.15) is 4.58 Å². The van der Waals surface area contributed by atoms with E-state index >= 15 is 0 Å². The Hall–Kier alpha value is -4.34. The third-order valence-corrected chi connectivity index (χ3v) is 11.0. The lowest BCUT2D eigenvalue weighted by atomic mass is 10.00. The van der Waals surface area contributed by atoms with Crippen molar-refractivity contribution in [3.63, 3.8) is 0 Å². The molecule has 1 saturated carbocycles. The molecule has 2 heterocycles. The van der Waals surface area contributed by atoms with Crippen molar-refractivity contribution in [1.82, 2.24) is 4.57 Å². The molecule has 0 N–H and O–H groups in total. The third-order valence-electron chi connectivity index (χ3n) is 9.57. The number of aryl methyl sites for hydroxylation is 1. The maximum Gasteiger partial charge on any atom is 0.214 e. The van der Waals surface area contributed by atoms with Crippen molar-refractivity contribution in [3.8, 4) is 0 Å². The highest BCUT2D eigenvalue weighted by molar-refractivity contribution is 8.00. The fourth-order valence-corrected chi connectivity index (χ4v) is 8.88. The first-order chi connectivity index (χ1) is 21.7. The predicted molar refractivity (Wildman–Crippen MR) is 189 cm³/mol. The van der Waals surface area contributed by atoms with Gasteiger partial charge in [-0.05, 0) is 67.8 Å². The van der Waals surface area contributed by atoms with Crippen molar-refractivity contribution in [2.45, 2.75) is 49.8 Å². The molecule has 1 aromatic heterocycles. The Morgan fingerprint density at radius 3 is 2.27 bits per heavy atom. The van der Waals surface area contributed by atoms with E-state index in [4.69, 9.17) is 0 Å². The zero-order valence-electron chi connectivity index (χ0n) is 25.5. The second-order valence-corrected chi connectivity index (χ2v) is 13.1. The second-order valence-electron chi connectivity index (χ2n) is 11.9. The first-order valence-corrected chi connectivity index (χ1v) is 16.9. The topological polar surface area (TPSA) is 7.94 Å². The first-order valence-electron chi connectivity index (χ1n) is 16.0. The molecule has 5 aromatic carbocycles. The Labute approximate surface area is 263 Å². The summed E-state index contributed by atoms with van der Waals surface area (Å²) in [5, 5.41) is 8.47. The van der Waals surface area contributed by atoms with Crippen LogP contribution in [0.2, 0.25) is 0 Å². The summed E-state index contributed by atoms with van der Waals surface area (Å²) in [7, 11) is 0. The number of benzene rings is 5. The summed E-state index contributed by atoms with van der Waals surface area (Å²) in [5.41, 5.74) is 8.60. The van der Waals surface area contributed by atoms with Gasteiger partial charge in [0.1, 0.15) is 6.54 Å². The Kier molecular flexibility index (Phi) is 6.99. The molecule has 1 aliphatic heterocycles. The zero-order valence-corrected chi connectivity index (χ0v) is 26.3. The van der Waals surface area contributed by atoms with Crippen LogP contribution in [0.3, 0.4) is 0 Å². The predicted octanol–water partition coefficient (Wildman–Crippen LogP) is 9.83. The molecular formula is C41H37N2S+. The van der Waals surface area contributed by atoms with E-state index in [-0.39, 0.29) is 0 Å². The lowest BCUT2D eigenvalue weighted by Gasteiger charge is -2.14. The van der Waals surface area contributed by atoms with Crippen LogP contribution in [-0.4, -0.2) is 26.6 Å². The number of aromatic nitrogens is 1. The third kappa shape index (κ3) is 4.45. The van der Waals surface area contributed by atoms with Gasteiger partial charge in [0.2, 0.25) is 5.69 Å². The smallest absolute Gasteiger partial charge is 0.214 e. The summed E-state index contributed by atoms with van der Waals surface area (Å²) < 4.78 is 5.01. The van der Waals surface area contributed by atoms with Gasteiger partial charge in [-0.3, -0.25) is 0 Å². The van der Waals surface area contributed by atoms with Gasteiger partial charge >= 0.3 is 0 Å². The quantitative estimate of drug-likeness (QED) is 0.133. The molecule has 0 spiro atoms. The van der Waals surface area contributed by atoms with Crippen molar-refractivity contribution in [2.75, 3.05) is 6.54 Å². The van der Waals surface area contributed by atoms with E-state index in [9.17, 15) is 0 Å². The minimum atomic E-state index is 0.346. The fraction of sp³-hybridized carbons (Fsp3) is 0.195. The molecule has 8 rings (SSSR count). The van der Waals surface area contributed by atoms with E-state index < -0.39 is 0 Å². The van der Waals surface area contributed by atoms with Crippen LogP contribution in [0.25, 0.3) is 38.5 Å². The van der Waals surface area contributed by atoms with Crippen molar-refractivity contribution >= 4 is 61.7 Å². The molecule has 216 valence electrons. The summed E-state index contributed by atoms with van der Waals surface area (Å²) in [6.07, 6.45) is 10.6. The normalized spacial score (nSPS) is 18.8. The number of thioether (sulfide) groups is 1. The van der Waals surface area contributed by atoms with Crippen molar-refractivity contribution < 1.29 is 4.58 Å². The van der Waals surface area contributed by atoms with Crippen LogP contribution in [0.4, 0.5) is 5.69 Å². The van der Waals surface area contributed by atoms with Gasteiger partial charge in [-0.1, -0.05) is 96.1 Å². The SMILES string of the molecule is CCn1/c(=C/C=C2CC/C(=C/CC3=[N+](CC)c4cccc5cccc3c45)C2Sc2ccccc2)c2cccc3cccc1c32. The van der Waals surface area contributed by atoms with E-state index in [0.717, 1.165) is 32.4 Å². The molecule has 1 atom stereocenters. The lowest BCUT2D eigenvalue weighted by molar-refractivity contribution is -0.432. The summed E-state index contributed by atoms with van der Waals surface area (Å²) in [6.45, 7) is 6.47. The molecule has 0 saturated heterocycles. The molecule has 2 nitrogen and oxygen atoms in total. The number of allylic oxidation sites excluding steroid dienone is 2. The highest BCUT2D eigenvalue weighted by Gasteiger charge is 2.32. The Morgan fingerprint density at radius 2 is 1.48 bits per heavy atom. The Balaban J connectivity index is 1.20. The Bertz CT molecular complexity index is 2190. The standard InChI is InChI=1S/C41H37N2S/c1-3-42-35(33-18-8-12-28-14-10-20-37(42)39(28)33)26-24-30-22-23-31(41(30)44-32-16-6-5-7-17-32)25-27-36-34-19-9-13-29-15-11-21-38(40(29)34)43(36)4-2/h5-21,24-26,41H,3-4,22-23,27H2,1-2H3/q+1/b30-24?,31-25-,35-26+. The largest absolute Gasteiger partial charge is 0.341 e. The minimum absolute atomic E-state index is 0.346. The molecule has 2 aliphatic rings. The van der Waals surface area contributed by atoms with Crippen LogP contribution in [0.5, 0.6) is 0 Å². The molecule has 44 heavy (non-hydrogen) atoms. The van der Waals surface area contributed by atoms with Crippen molar-refractivity contribution in [2.24, 2.45) is 0 Å². The molecular weight excluding hydrogens is 553 g/mol. The van der Waals surface area contributed by atoms with E-state index in [0.29, 0.717) is 5.25 Å². The van der Waals surface area contributed by atoms with Gasteiger partial charge in [0.15, 0.2) is 5.71 Å².